The predicted molar refractivity (Wildman–Crippen MR) is 53.6 cm³/mol. The zero-order chi connectivity index (χ0) is 10.5. The number of fused-ring (bicyclic) bond motifs is 1. The van der Waals surface area contributed by atoms with Crippen molar-refractivity contribution in [2.45, 2.75) is 25.4 Å². The van der Waals surface area contributed by atoms with Crippen molar-refractivity contribution in [3.63, 3.8) is 0 Å². The Morgan fingerprint density at radius 3 is 3.07 bits per heavy atom. The van der Waals surface area contributed by atoms with Crippen LogP contribution in [0.4, 0.5) is 0 Å². The first-order chi connectivity index (χ1) is 7.21. The molecule has 3 rings (SSSR count). The standard InChI is InChI=1S/C11H17NO3/c13-10(14)11-4-8(11)5-12(7-11)6-9-2-1-3-15-9/h8-9H,1-7H2,(H,13,14). The van der Waals surface area contributed by atoms with Crippen LogP contribution in [-0.4, -0.2) is 48.3 Å². The van der Waals surface area contributed by atoms with Crippen molar-refractivity contribution in [1.29, 1.82) is 0 Å². The fourth-order valence-electron chi connectivity index (χ4n) is 3.13. The number of ether oxygens (including phenoxy) is 1. The van der Waals surface area contributed by atoms with Gasteiger partial charge in [0.1, 0.15) is 0 Å². The summed E-state index contributed by atoms with van der Waals surface area (Å²) in [5.41, 5.74) is -0.376. The minimum absolute atomic E-state index is 0.355. The van der Waals surface area contributed by atoms with Gasteiger partial charge in [-0.15, -0.1) is 0 Å². The Morgan fingerprint density at radius 2 is 2.47 bits per heavy atom. The lowest BCUT2D eigenvalue weighted by molar-refractivity contribution is -0.143. The molecular weight excluding hydrogens is 194 g/mol. The third kappa shape index (κ3) is 1.47. The molecule has 3 unspecified atom stereocenters. The molecule has 1 aliphatic carbocycles. The van der Waals surface area contributed by atoms with Gasteiger partial charge in [-0.1, -0.05) is 0 Å². The first kappa shape index (κ1) is 9.60. The largest absolute Gasteiger partial charge is 0.481 e. The number of nitrogens with zero attached hydrogens (tertiary/aromatic N) is 1. The highest BCUT2D eigenvalue weighted by Crippen LogP contribution is 2.57. The normalized spacial score (nSPS) is 44.3. The van der Waals surface area contributed by atoms with E-state index in [1.165, 1.54) is 0 Å². The lowest BCUT2D eigenvalue weighted by atomic mass is 10.1. The van der Waals surface area contributed by atoms with E-state index in [9.17, 15) is 4.79 Å². The summed E-state index contributed by atoms with van der Waals surface area (Å²) in [6.07, 6.45) is 3.55. The molecule has 4 heteroatoms. The maximum atomic E-state index is 11.1. The molecule has 0 bridgehead atoms. The van der Waals surface area contributed by atoms with Crippen LogP contribution in [-0.2, 0) is 9.53 Å². The average molecular weight is 211 g/mol. The van der Waals surface area contributed by atoms with Crippen molar-refractivity contribution in [3.8, 4) is 0 Å². The molecule has 0 aromatic heterocycles. The van der Waals surface area contributed by atoms with Gasteiger partial charge in [0.15, 0.2) is 0 Å². The van der Waals surface area contributed by atoms with Crippen LogP contribution >= 0.6 is 0 Å². The molecule has 15 heavy (non-hydrogen) atoms. The zero-order valence-electron chi connectivity index (χ0n) is 8.82. The topological polar surface area (TPSA) is 49.8 Å². The van der Waals surface area contributed by atoms with Gasteiger partial charge in [-0.05, 0) is 25.2 Å². The number of carbonyl (C=O) groups is 1. The number of carboxylic acids is 1. The quantitative estimate of drug-likeness (QED) is 0.741. The smallest absolute Gasteiger partial charge is 0.311 e. The second-order valence-electron chi connectivity index (χ2n) is 5.19. The fraction of sp³-hybridized carbons (Fsp3) is 0.909. The molecule has 3 fully saturated rings. The van der Waals surface area contributed by atoms with Gasteiger partial charge in [0.25, 0.3) is 0 Å². The van der Waals surface area contributed by atoms with Crippen LogP contribution in [0.2, 0.25) is 0 Å². The van der Waals surface area contributed by atoms with Crippen molar-refractivity contribution in [2.75, 3.05) is 26.2 Å². The molecular formula is C11H17NO3. The number of hydrogen-bond donors (Lipinski definition) is 1. The van der Waals surface area contributed by atoms with Crippen LogP contribution in [0.25, 0.3) is 0 Å². The second-order valence-corrected chi connectivity index (χ2v) is 5.19. The third-order valence-electron chi connectivity index (χ3n) is 4.13. The summed E-state index contributed by atoms with van der Waals surface area (Å²) < 4.78 is 5.57. The minimum Gasteiger partial charge on any atom is -0.481 e. The van der Waals surface area contributed by atoms with E-state index in [0.29, 0.717) is 12.0 Å². The van der Waals surface area contributed by atoms with E-state index in [-0.39, 0.29) is 5.41 Å². The van der Waals surface area contributed by atoms with Crippen LogP contribution in [0.3, 0.4) is 0 Å². The van der Waals surface area contributed by atoms with Crippen LogP contribution in [0.1, 0.15) is 19.3 Å². The number of hydrogen-bond acceptors (Lipinski definition) is 3. The minimum atomic E-state index is -0.595. The maximum Gasteiger partial charge on any atom is 0.311 e. The third-order valence-corrected chi connectivity index (χ3v) is 4.13. The van der Waals surface area contributed by atoms with Crippen LogP contribution in [0.5, 0.6) is 0 Å². The zero-order valence-corrected chi connectivity index (χ0v) is 8.82. The summed E-state index contributed by atoms with van der Waals surface area (Å²) in [6.45, 7) is 3.52. The number of aliphatic carboxylic acids is 1. The Bertz CT molecular complexity index is 288. The van der Waals surface area contributed by atoms with Crippen molar-refractivity contribution >= 4 is 5.97 Å². The summed E-state index contributed by atoms with van der Waals surface area (Å²) in [5.74, 6) is -0.182. The first-order valence-corrected chi connectivity index (χ1v) is 5.78. The van der Waals surface area contributed by atoms with Crippen LogP contribution in [0.15, 0.2) is 0 Å². The summed E-state index contributed by atoms with van der Waals surface area (Å²) in [4.78, 5) is 13.4. The molecule has 0 aromatic rings. The molecule has 2 aliphatic heterocycles. The van der Waals surface area contributed by atoms with E-state index in [4.69, 9.17) is 9.84 Å². The molecule has 1 N–H and O–H groups in total. The molecule has 84 valence electrons. The highest BCUT2D eigenvalue weighted by molar-refractivity contribution is 5.79. The number of rotatable bonds is 3. The number of carboxylic acid groups (broad SMARTS) is 1. The predicted octanol–water partition coefficient (Wildman–Crippen LogP) is 0.572. The SMILES string of the molecule is O=C(O)C12CC1CN(CC1CCCO1)C2. The molecule has 0 spiro atoms. The summed E-state index contributed by atoms with van der Waals surface area (Å²) in [5, 5.41) is 9.13. The summed E-state index contributed by atoms with van der Waals surface area (Å²) in [7, 11) is 0. The van der Waals surface area contributed by atoms with Crippen molar-refractivity contribution in [1.82, 2.24) is 4.90 Å². The van der Waals surface area contributed by atoms with Gasteiger partial charge in [0.05, 0.1) is 11.5 Å². The second kappa shape index (κ2) is 3.19. The average Bonchev–Trinajstić information content (AvgIpc) is 2.64. The van der Waals surface area contributed by atoms with Crippen molar-refractivity contribution < 1.29 is 14.6 Å². The maximum absolute atomic E-state index is 11.1. The van der Waals surface area contributed by atoms with Gasteiger partial charge in [0.2, 0.25) is 0 Å². The Hall–Kier alpha value is -0.610. The van der Waals surface area contributed by atoms with E-state index >= 15 is 0 Å². The molecule has 0 aromatic carbocycles. The van der Waals surface area contributed by atoms with Gasteiger partial charge >= 0.3 is 5.97 Å². The number of piperidine rings is 1. The highest BCUT2D eigenvalue weighted by atomic mass is 16.5. The van der Waals surface area contributed by atoms with Crippen molar-refractivity contribution in [3.05, 3.63) is 0 Å². The Labute approximate surface area is 89.2 Å². The highest BCUT2D eigenvalue weighted by Gasteiger charge is 2.65. The van der Waals surface area contributed by atoms with Gasteiger partial charge in [-0.2, -0.15) is 0 Å². The van der Waals surface area contributed by atoms with Gasteiger partial charge in [0, 0.05) is 26.2 Å². The Morgan fingerprint density at radius 1 is 1.60 bits per heavy atom. The Kier molecular flexibility index (Phi) is 2.04. The molecule has 3 atom stereocenters. The van der Waals surface area contributed by atoms with E-state index in [1.807, 2.05) is 0 Å². The van der Waals surface area contributed by atoms with Crippen LogP contribution in [0, 0.1) is 11.3 Å². The molecule has 0 amide bonds. The molecule has 1 saturated carbocycles. The lowest BCUT2D eigenvalue weighted by Gasteiger charge is -2.22. The van der Waals surface area contributed by atoms with Crippen molar-refractivity contribution in [2.24, 2.45) is 11.3 Å². The van der Waals surface area contributed by atoms with Gasteiger partial charge in [-0.3, -0.25) is 9.69 Å². The molecule has 2 saturated heterocycles. The molecule has 3 aliphatic rings. The molecule has 2 heterocycles. The van der Waals surface area contributed by atoms with E-state index in [1.54, 1.807) is 0 Å². The summed E-state index contributed by atoms with van der Waals surface area (Å²) in [6, 6.07) is 0. The molecule has 0 radical (unpaired) electrons. The fourth-order valence-corrected chi connectivity index (χ4v) is 3.13. The monoisotopic (exact) mass is 211 g/mol. The van der Waals surface area contributed by atoms with Gasteiger partial charge < -0.3 is 9.84 Å². The number of likely N-dealkylation sites (tertiary alicyclic amines) is 1. The summed E-state index contributed by atoms with van der Waals surface area (Å²) >= 11 is 0. The first-order valence-electron chi connectivity index (χ1n) is 5.78. The van der Waals surface area contributed by atoms with E-state index in [0.717, 1.165) is 45.5 Å². The van der Waals surface area contributed by atoms with E-state index in [2.05, 4.69) is 4.90 Å². The lowest BCUT2D eigenvalue weighted by Crippen LogP contribution is -2.34. The molecule has 4 nitrogen and oxygen atoms in total. The van der Waals surface area contributed by atoms with Gasteiger partial charge in [-0.25, -0.2) is 0 Å². The van der Waals surface area contributed by atoms with E-state index < -0.39 is 5.97 Å². The van der Waals surface area contributed by atoms with Crippen LogP contribution < -0.4 is 0 Å². The Balaban J connectivity index is 1.56.